The Kier molecular flexibility index (Phi) is 5.26. The van der Waals surface area contributed by atoms with Gasteiger partial charge in [-0.05, 0) is 24.0 Å². The number of aliphatic hydroxyl groups is 1. The van der Waals surface area contributed by atoms with Crippen molar-refractivity contribution in [1.29, 1.82) is 0 Å². The third-order valence-corrected chi connectivity index (χ3v) is 2.82. The molecular formula is C14H20N2O5. The average molecular weight is 296 g/mol. The second-order valence-corrected chi connectivity index (χ2v) is 6.09. The van der Waals surface area contributed by atoms with Crippen molar-refractivity contribution < 1.29 is 19.9 Å². The summed E-state index contributed by atoms with van der Waals surface area (Å²) < 4.78 is 0. The largest absolute Gasteiger partial charge is 0.478 e. The number of nitrogens with one attached hydrogen (secondary N) is 1. The number of benzene rings is 1. The Balaban J connectivity index is 2.84. The van der Waals surface area contributed by atoms with Crippen LogP contribution in [-0.4, -0.2) is 33.8 Å². The van der Waals surface area contributed by atoms with Crippen LogP contribution in [0.25, 0.3) is 0 Å². The lowest BCUT2D eigenvalue weighted by Gasteiger charge is -2.22. The van der Waals surface area contributed by atoms with Crippen LogP contribution in [0.1, 0.15) is 37.6 Å². The Hall–Kier alpha value is -2.15. The van der Waals surface area contributed by atoms with Crippen LogP contribution < -0.4 is 5.32 Å². The molecule has 1 aromatic carbocycles. The number of aliphatic hydroxyl groups excluding tert-OH is 1. The highest BCUT2D eigenvalue weighted by Crippen LogP contribution is 2.26. The number of rotatable bonds is 6. The second kappa shape index (κ2) is 6.53. The zero-order valence-corrected chi connectivity index (χ0v) is 12.3. The summed E-state index contributed by atoms with van der Waals surface area (Å²) >= 11 is 0. The zero-order chi connectivity index (χ0) is 16.2. The number of nitrogens with zero attached hydrogens (tertiary/aromatic N) is 1. The van der Waals surface area contributed by atoms with Crippen LogP contribution >= 0.6 is 0 Å². The van der Waals surface area contributed by atoms with E-state index in [1.807, 2.05) is 20.8 Å². The molecule has 7 heteroatoms. The van der Waals surface area contributed by atoms with E-state index in [4.69, 9.17) is 5.11 Å². The number of nitro groups is 1. The number of nitro benzene ring substituents is 1. The molecule has 0 aliphatic heterocycles. The lowest BCUT2D eigenvalue weighted by molar-refractivity contribution is -0.384. The topological polar surface area (TPSA) is 113 Å². The summed E-state index contributed by atoms with van der Waals surface area (Å²) in [7, 11) is 0. The predicted molar refractivity (Wildman–Crippen MR) is 78.6 cm³/mol. The first-order valence-electron chi connectivity index (χ1n) is 6.54. The molecule has 3 N–H and O–H groups in total. The van der Waals surface area contributed by atoms with E-state index in [1.165, 1.54) is 12.1 Å². The maximum atomic E-state index is 11.0. The molecule has 0 aliphatic carbocycles. The van der Waals surface area contributed by atoms with E-state index in [-0.39, 0.29) is 28.9 Å². The van der Waals surface area contributed by atoms with Crippen molar-refractivity contribution in [3.05, 3.63) is 33.9 Å². The van der Waals surface area contributed by atoms with Gasteiger partial charge in [0.1, 0.15) is 5.69 Å². The SMILES string of the molecule is CC(C)(C)CC(O)CNc1ccc(C(=O)O)cc1[N+](=O)[O-]. The molecule has 1 atom stereocenters. The molecule has 1 unspecified atom stereocenters. The number of carbonyl (C=O) groups is 1. The van der Waals surface area contributed by atoms with Gasteiger partial charge in [-0.2, -0.15) is 0 Å². The van der Waals surface area contributed by atoms with Gasteiger partial charge in [-0.25, -0.2) is 4.79 Å². The minimum Gasteiger partial charge on any atom is -0.478 e. The molecule has 0 spiro atoms. The van der Waals surface area contributed by atoms with Crippen LogP contribution in [-0.2, 0) is 0 Å². The Morgan fingerprint density at radius 3 is 2.52 bits per heavy atom. The van der Waals surface area contributed by atoms with Crippen LogP contribution in [0, 0.1) is 15.5 Å². The van der Waals surface area contributed by atoms with E-state index in [0.29, 0.717) is 6.42 Å². The van der Waals surface area contributed by atoms with Crippen molar-refractivity contribution in [1.82, 2.24) is 0 Å². The molecule has 1 aromatic rings. The molecule has 7 nitrogen and oxygen atoms in total. The minimum absolute atomic E-state index is 0.0554. The molecule has 0 aromatic heterocycles. The summed E-state index contributed by atoms with van der Waals surface area (Å²) in [6.07, 6.45) is -0.107. The molecule has 1 rings (SSSR count). The predicted octanol–water partition coefficient (Wildman–Crippen LogP) is 2.50. The maximum absolute atomic E-state index is 11.0. The Bertz CT molecular complexity index is 537. The summed E-state index contributed by atoms with van der Waals surface area (Å²) in [5, 5.41) is 32.5. The highest BCUT2D eigenvalue weighted by molar-refractivity contribution is 5.89. The number of hydrogen-bond donors (Lipinski definition) is 3. The average Bonchev–Trinajstić information content (AvgIpc) is 2.33. The number of carboxylic acids is 1. The van der Waals surface area contributed by atoms with Crippen LogP contribution in [0.3, 0.4) is 0 Å². The van der Waals surface area contributed by atoms with Gasteiger partial charge in [-0.3, -0.25) is 10.1 Å². The standard InChI is InChI=1S/C14H20N2O5/c1-14(2,3)7-10(17)8-15-11-5-4-9(13(18)19)6-12(11)16(20)21/h4-6,10,15,17H,7-8H2,1-3H3,(H,18,19). The first-order chi connectivity index (χ1) is 9.60. The Morgan fingerprint density at radius 1 is 1.43 bits per heavy atom. The first-order valence-corrected chi connectivity index (χ1v) is 6.54. The smallest absolute Gasteiger partial charge is 0.335 e. The first kappa shape index (κ1) is 16.9. The summed E-state index contributed by atoms with van der Waals surface area (Å²) in [5.41, 5.74) is -0.335. The van der Waals surface area contributed by atoms with Crippen molar-refractivity contribution in [3.8, 4) is 0 Å². The molecule has 0 amide bonds. The fraction of sp³-hybridized carbons (Fsp3) is 0.500. The monoisotopic (exact) mass is 296 g/mol. The zero-order valence-electron chi connectivity index (χ0n) is 12.3. The van der Waals surface area contributed by atoms with Crippen LogP contribution in [0.5, 0.6) is 0 Å². The van der Waals surface area contributed by atoms with Crippen molar-refractivity contribution in [3.63, 3.8) is 0 Å². The lowest BCUT2D eigenvalue weighted by Crippen LogP contribution is -2.25. The van der Waals surface area contributed by atoms with Crippen LogP contribution in [0.4, 0.5) is 11.4 Å². The maximum Gasteiger partial charge on any atom is 0.335 e. The van der Waals surface area contributed by atoms with E-state index < -0.39 is 17.0 Å². The molecule has 0 saturated heterocycles. The molecule has 116 valence electrons. The van der Waals surface area contributed by atoms with Crippen molar-refractivity contribution in [2.24, 2.45) is 5.41 Å². The number of anilines is 1. The molecule has 0 bridgehead atoms. The van der Waals surface area contributed by atoms with Crippen molar-refractivity contribution in [2.45, 2.75) is 33.3 Å². The summed E-state index contributed by atoms with van der Waals surface area (Å²) in [4.78, 5) is 21.2. The molecule has 0 heterocycles. The van der Waals surface area contributed by atoms with E-state index in [2.05, 4.69) is 5.32 Å². The van der Waals surface area contributed by atoms with Gasteiger partial charge in [-0.15, -0.1) is 0 Å². The molecule has 0 saturated carbocycles. The lowest BCUT2D eigenvalue weighted by atomic mass is 9.89. The fourth-order valence-corrected chi connectivity index (χ4v) is 1.97. The van der Waals surface area contributed by atoms with E-state index >= 15 is 0 Å². The minimum atomic E-state index is -1.22. The van der Waals surface area contributed by atoms with Crippen LogP contribution in [0.2, 0.25) is 0 Å². The van der Waals surface area contributed by atoms with Gasteiger partial charge in [0.15, 0.2) is 0 Å². The Morgan fingerprint density at radius 2 is 2.05 bits per heavy atom. The normalized spacial score (nSPS) is 12.8. The summed E-state index contributed by atoms with van der Waals surface area (Å²) in [6, 6.07) is 3.63. The summed E-state index contributed by atoms with van der Waals surface area (Å²) in [5.74, 6) is -1.22. The van der Waals surface area contributed by atoms with Gasteiger partial charge in [0.05, 0.1) is 16.6 Å². The third kappa shape index (κ3) is 5.39. The Labute approximate surface area is 122 Å². The summed E-state index contributed by atoms with van der Waals surface area (Å²) in [6.45, 7) is 6.12. The molecule has 0 aliphatic rings. The number of aromatic carboxylic acids is 1. The van der Waals surface area contributed by atoms with Gasteiger partial charge in [-0.1, -0.05) is 20.8 Å². The third-order valence-electron chi connectivity index (χ3n) is 2.82. The fourth-order valence-electron chi connectivity index (χ4n) is 1.97. The van der Waals surface area contributed by atoms with Gasteiger partial charge >= 0.3 is 5.97 Å². The quantitative estimate of drug-likeness (QED) is 0.549. The highest BCUT2D eigenvalue weighted by atomic mass is 16.6. The van der Waals surface area contributed by atoms with Gasteiger partial charge < -0.3 is 15.5 Å². The molecule has 0 fully saturated rings. The van der Waals surface area contributed by atoms with Crippen molar-refractivity contribution >= 4 is 17.3 Å². The number of carboxylic acid groups (broad SMARTS) is 1. The number of hydrogen-bond acceptors (Lipinski definition) is 5. The molecular weight excluding hydrogens is 276 g/mol. The van der Waals surface area contributed by atoms with Gasteiger partial charge in [0.2, 0.25) is 0 Å². The van der Waals surface area contributed by atoms with Crippen molar-refractivity contribution in [2.75, 3.05) is 11.9 Å². The second-order valence-electron chi connectivity index (χ2n) is 6.09. The van der Waals surface area contributed by atoms with E-state index in [1.54, 1.807) is 0 Å². The van der Waals surface area contributed by atoms with E-state index in [0.717, 1.165) is 6.07 Å². The highest BCUT2D eigenvalue weighted by Gasteiger charge is 2.20. The molecule has 21 heavy (non-hydrogen) atoms. The molecule has 0 radical (unpaired) electrons. The van der Waals surface area contributed by atoms with Gasteiger partial charge in [0.25, 0.3) is 5.69 Å². The van der Waals surface area contributed by atoms with Crippen LogP contribution in [0.15, 0.2) is 18.2 Å². The van der Waals surface area contributed by atoms with Gasteiger partial charge in [0, 0.05) is 12.6 Å². The van der Waals surface area contributed by atoms with E-state index in [9.17, 15) is 20.0 Å².